The Balaban J connectivity index is 1.73. The van der Waals surface area contributed by atoms with Crippen LogP contribution in [0.4, 0.5) is 13.2 Å². The van der Waals surface area contributed by atoms with Crippen LogP contribution in [-0.4, -0.2) is 27.9 Å². The fourth-order valence-corrected chi connectivity index (χ4v) is 3.71. The molecule has 1 aromatic carbocycles. The van der Waals surface area contributed by atoms with Gasteiger partial charge in [-0.3, -0.25) is 9.59 Å². The molecule has 2 aliphatic carbocycles. The molecule has 1 aromatic rings. The number of rotatable bonds is 5. The van der Waals surface area contributed by atoms with Crippen molar-refractivity contribution >= 4 is 11.9 Å². The van der Waals surface area contributed by atoms with Crippen LogP contribution in [0.3, 0.4) is 0 Å². The van der Waals surface area contributed by atoms with Gasteiger partial charge in [-0.1, -0.05) is 18.2 Å². The van der Waals surface area contributed by atoms with Crippen molar-refractivity contribution in [3.05, 3.63) is 35.4 Å². The summed E-state index contributed by atoms with van der Waals surface area (Å²) in [5, 5.41) is 9.07. The van der Waals surface area contributed by atoms with Crippen molar-refractivity contribution in [2.45, 2.75) is 57.3 Å². The molecule has 2 fully saturated rings. The van der Waals surface area contributed by atoms with Crippen LogP contribution in [0.25, 0.3) is 0 Å². The molecular formula is C19H22F3NO3. The number of carboxylic acids is 1. The number of carbonyl (C=O) groups excluding carboxylic acids is 1. The number of aliphatic carboxylic acids is 1. The molecule has 2 aliphatic rings. The molecule has 0 heterocycles. The smallest absolute Gasteiger partial charge is 0.416 e. The number of halogens is 3. The summed E-state index contributed by atoms with van der Waals surface area (Å²) in [5.74, 6) is -1.68. The molecular weight excluding hydrogens is 347 g/mol. The molecule has 0 spiro atoms. The van der Waals surface area contributed by atoms with Crippen LogP contribution in [0, 0.1) is 11.8 Å². The number of hydrogen-bond acceptors (Lipinski definition) is 2. The summed E-state index contributed by atoms with van der Waals surface area (Å²) in [6.07, 6.45) is -0.962. The Labute approximate surface area is 150 Å². The van der Waals surface area contributed by atoms with Gasteiger partial charge in [-0.25, -0.2) is 0 Å². The molecule has 0 bridgehead atoms. The summed E-state index contributed by atoms with van der Waals surface area (Å²) in [4.78, 5) is 25.6. The molecule has 1 N–H and O–H groups in total. The number of benzene rings is 1. The van der Waals surface area contributed by atoms with Crippen molar-refractivity contribution in [2.75, 3.05) is 0 Å². The lowest BCUT2D eigenvalue weighted by Crippen LogP contribution is -2.39. The molecule has 0 atom stereocenters. The fourth-order valence-electron chi connectivity index (χ4n) is 3.71. The van der Waals surface area contributed by atoms with E-state index in [4.69, 9.17) is 5.11 Å². The van der Waals surface area contributed by atoms with Crippen LogP contribution < -0.4 is 0 Å². The van der Waals surface area contributed by atoms with E-state index in [1.807, 2.05) is 0 Å². The van der Waals surface area contributed by atoms with Gasteiger partial charge in [0.15, 0.2) is 0 Å². The number of amides is 1. The molecule has 1 amide bonds. The Morgan fingerprint density at radius 2 is 1.58 bits per heavy atom. The first-order chi connectivity index (χ1) is 12.3. The largest absolute Gasteiger partial charge is 0.481 e. The summed E-state index contributed by atoms with van der Waals surface area (Å²) < 4.78 is 39.7. The molecule has 26 heavy (non-hydrogen) atoms. The molecule has 7 heteroatoms. The van der Waals surface area contributed by atoms with Crippen LogP contribution >= 0.6 is 0 Å². The molecule has 2 saturated carbocycles. The molecule has 0 aromatic heterocycles. The van der Waals surface area contributed by atoms with E-state index >= 15 is 0 Å². The maximum Gasteiger partial charge on any atom is 0.416 e. The highest BCUT2D eigenvalue weighted by atomic mass is 19.4. The minimum absolute atomic E-state index is 0.000914. The lowest BCUT2D eigenvalue weighted by molar-refractivity contribution is -0.146. The first-order valence-corrected chi connectivity index (χ1v) is 8.95. The van der Waals surface area contributed by atoms with Gasteiger partial charge in [0.2, 0.25) is 5.91 Å². The average molecular weight is 369 g/mol. The summed E-state index contributed by atoms with van der Waals surface area (Å²) in [7, 11) is 0. The van der Waals surface area contributed by atoms with Gasteiger partial charge in [0, 0.05) is 18.5 Å². The van der Waals surface area contributed by atoms with E-state index in [1.54, 1.807) is 11.0 Å². The minimum Gasteiger partial charge on any atom is -0.481 e. The van der Waals surface area contributed by atoms with E-state index in [-0.39, 0.29) is 30.0 Å². The summed E-state index contributed by atoms with van der Waals surface area (Å²) >= 11 is 0. The lowest BCUT2D eigenvalue weighted by Gasteiger charge is -2.31. The number of alkyl halides is 3. The second-order valence-corrected chi connectivity index (χ2v) is 7.24. The normalized spacial score (nSPS) is 23.5. The number of hydrogen-bond donors (Lipinski definition) is 1. The monoisotopic (exact) mass is 369 g/mol. The van der Waals surface area contributed by atoms with Crippen molar-refractivity contribution in [1.82, 2.24) is 4.90 Å². The molecule has 0 saturated heterocycles. The Kier molecular flexibility index (Phi) is 5.25. The first-order valence-electron chi connectivity index (χ1n) is 8.95. The second kappa shape index (κ2) is 7.29. The summed E-state index contributed by atoms with van der Waals surface area (Å²) in [5.41, 5.74) is -0.590. The maximum atomic E-state index is 13.2. The third-order valence-electron chi connectivity index (χ3n) is 5.36. The van der Waals surface area contributed by atoms with Gasteiger partial charge < -0.3 is 10.0 Å². The number of carboxylic acid groups (broad SMARTS) is 1. The zero-order valence-corrected chi connectivity index (χ0v) is 14.3. The molecule has 0 unspecified atom stereocenters. The predicted molar refractivity (Wildman–Crippen MR) is 88.1 cm³/mol. The highest BCUT2D eigenvalue weighted by Crippen LogP contribution is 2.37. The van der Waals surface area contributed by atoms with Gasteiger partial charge in [0.25, 0.3) is 0 Å². The van der Waals surface area contributed by atoms with E-state index in [2.05, 4.69) is 0 Å². The van der Waals surface area contributed by atoms with Crippen molar-refractivity contribution in [1.29, 1.82) is 0 Å². The molecule has 4 nitrogen and oxygen atoms in total. The maximum absolute atomic E-state index is 13.2. The van der Waals surface area contributed by atoms with Crippen molar-refractivity contribution in [2.24, 2.45) is 11.8 Å². The second-order valence-electron chi connectivity index (χ2n) is 7.24. The quantitative estimate of drug-likeness (QED) is 0.851. The molecule has 142 valence electrons. The van der Waals surface area contributed by atoms with Gasteiger partial charge in [-0.05, 0) is 50.2 Å². The van der Waals surface area contributed by atoms with Crippen LogP contribution in [0.5, 0.6) is 0 Å². The SMILES string of the molecule is O=C(O)C1CCC(C(=O)N(Cc2ccccc2C(F)(F)F)C2CC2)CC1. The van der Waals surface area contributed by atoms with Crippen molar-refractivity contribution in [3.8, 4) is 0 Å². The van der Waals surface area contributed by atoms with Gasteiger partial charge in [-0.15, -0.1) is 0 Å². The van der Waals surface area contributed by atoms with Gasteiger partial charge >= 0.3 is 12.1 Å². The van der Waals surface area contributed by atoms with E-state index in [9.17, 15) is 22.8 Å². The zero-order valence-electron chi connectivity index (χ0n) is 14.3. The van der Waals surface area contributed by atoms with E-state index < -0.39 is 23.6 Å². The van der Waals surface area contributed by atoms with Crippen LogP contribution in [0.1, 0.15) is 49.7 Å². The first kappa shape index (κ1) is 18.7. The summed E-state index contributed by atoms with van der Waals surface area (Å²) in [6, 6.07) is 5.37. The third-order valence-corrected chi connectivity index (χ3v) is 5.36. The highest BCUT2D eigenvalue weighted by Gasteiger charge is 2.40. The molecule has 0 aliphatic heterocycles. The Hall–Kier alpha value is -2.05. The molecule has 0 radical (unpaired) electrons. The van der Waals surface area contributed by atoms with Gasteiger partial charge in [-0.2, -0.15) is 13.2 Å². The average Bonchev–Trinajstić information content (AvgIpc) is 3.43. The third kappa shape index (κ3) is 4.19. The Bertz CT molecular complexity index is 677. The standard InChI is InChI=1S/C19H22F3NO3/c20-19(21,22)16-4-2-1-3-14(16)11-23(15-9-10-15)17(24)12-5-7-13(8-6-12)18(25)26/h1-4,12-13,15H,5-11H2,(H,25,26). The highest BCUT2D eigenvalue weighted by molar-refractivity contribution is 5.80. The van der Waals surface area contributed by atoms with E-state index in [1.165, 1.54) is 12.1 Å². The summed E-state index contributed by atoms with van der Waals surface area (Å²) in [6.45, 7) is -0.0436. The Morgan fingerprint density at radius 1 is 1.00 bits per heavy atom. The van der Waals surface area contributed by atoms with Crippen LogP contribution in [0.15, 0.2) is 24.3 Å². The number of carbonyl (C=O) groups is 2. The number of nitrogens with zero attached hydrogens (tertiary/aromatic N) is 1. The van der Waals surface area contributed by atoms with Gasteiger partial charge in [0.05, 0.1) is 11.5 Å². The minimum atomic E-state index is -4.45. The van der Waals surface area contributed by atoms with Crippen LogP contribution in [0.2, 0.25) is 0 Å². The predicted octanol–water partition coefficient (Wildman–Crippen LogP) is 4.09. The Morgan fingerprint density at radius 3 is 2.12 bits per heavy atom. The van der Waals surface area contributed by atoms with Crippen molar-refractivity contribution < 1.29 is 27.9 Å². The van der Waals surface area contributed by atoms with Crippen molar-refractivity contribution in [3.63, 3.8) is 0 Å². The van der Waals surface area contributed by atoms with E-state index in [0.29, 0.717) is 25.7 Å². The zero-order chi connectivity index (χ0) is 18.9. The molecule has 3 rings (SSSR count). The van der Waals surface area contributed by atoms with Crippen LogP contribution in [-0.2, 0) is 22.3 Å². The lowest BCUT2D eigenvalue weighted by atomic mass is 9.81. The topological polar surface area (TPSA) is 57.6 Å². The fraction of sp³-hybridized carbons (Fsp3) is 0.579. The van der Waals surface area contributed by atoms with E-state index in [0.717, 1.165) is 18.9 Å². The van der Waals surface area contributed by atoms with Gasteiger partial charge in [0.1, 0.15) is 0 Å².